The fourth-order valence-corrected chi connectivity index (χ4v) is 2.32. The van der Waals surface area contributed by atoms with Crippen LogP contribution in [-0.4, -0.2) is 30.0 Å². The molecule has 24 heavy (non-hydrogen) atoms. The van der Waals surface area contributed by atoms with E-state index in [0.717, 1.165) is 16.6 Å². The molecule has 6 heteroatoms. The summed E-state index contributed by atoms with van der Waals surface area (Å²) < 4.78 is 5.29. The zero-order valence-corrected chi connectivity index (χ0v) is 13.6. The van der Waals surface area contributed by atoms with Crippen LogP contribution in [0.5, 0.6) is 0 Å². The van der Waals surface area contributed by atoms with Gasteiger partial charge in [-0.25, -0.2) is 14.8 Å². The second-order valence-corrected chi connectivity index (χ2v) is 5.56. The first-order valence-corrected chi connectivity index (χ1v) is 7.50. The molecule has 0 spiro atoms. The van der Waals surface area contributed by atoms with Gasteiger partial charge in [0, 0.05) is 25.2 Å². The van der Waals surface area contributed by atoms with E-state index in [4.69, 9.17) is 10.5 Å². The number of esters is 1. The van der Waals surface area contributed by atoms with Crippen LogP contribution in [0.1, 0.15) is 16.2 Å². The Hall–Kier alpha value is -3.15. The molecule has 0 aliphatic rings. The number of nitrogen functional groups attached to an aromatic ring is 1. The van der Waals surface area contributed by atoms with Gasteiger partial charge in [-0.05, 0) is 36.4 Å². The third-order valence-electron chi connectivity index (χ3n) is 3.63. The van der Waals surface area contributed by atoms with Crippen molar-refractivity contribution in [2.24, 2.45) is 0 Å². The molecule has 1 aromatic heterocycles. The van der Waals surface area contributed by atoms with Crippen molar-refractivity contribution in [2.75, 3.05) is 24.7 Å². The molecule has 6 nitrogen and oxygen atoms in total. The quantitative estimate of drug-likeness (QED) is 0.744. The maximum Gasteiger partial charge on any atom is 0.338 e. The summed E-state index contributed by atoms with van der Waals surface area (Å²) in [4.78, 5) is 22.6. The van der Waals surface area contributed by atoms with Crippen molar-refractivity contribution in [1.82, 2.24) is 9.97 Å². The Morgan fingerprint density at radius 3 is 2.50 bits per heavy atom. The van der Waals surface area contributed by atoms with Gasteiger partial charge in [0.2, 0.25) is 0 Å². The topological polar surface area (TPSA) is 81.3 Å². The lowest BCUT2D eigenvalue weighted by Gasteiger charge is -2.12. The summed E-state index contributed by atoms with van der Waals surface area (Å²) in [6.45, 7) is -0.0245. The number of aromatic nitrogens is 2. The maximum atomic E-state index is 12.1. The standard InChI is InChI=1S/C18H18N4O2/c1-22(2)13-9-7-12(8-10-13)18(23)24-11-16-20-15-6-4-3-5-14(15)17(19)21-16/h3-10H,11H2,1-2H3,(H2,19,20,21). The summed E-state index contributed by atoms with van der Waals surface area (Å²) in [5, 5.41) is 0.784. The number of hydrogen-bond acceptors (Lipinski definition) is 6. The molecule has 0 aliphatic heterocycles. The molecule has 0 saturated carbocycles. The Labute approximate surface area is 139 Å². The molecule has 2 aromatic carbocycles. The number of para-hydroxylation sites is 1. The van der Waals surface area contributed by atoms with Crippen molar-refractivity contribution < 1.29 is 9.53 Å². The van der Waals surface area contributed by atoms with Crippen molar-refractivity contribution in [2.45, 2.75) is 6.61 Å². The zero-order valence-electron chi connectivity index (χ0n) is 13.6. The molecule has 0 bridgehead atoms. The number of benzene rings is 2. The summed E-state index contributed by atoms with van der Waals surface area (Å²) in [5.41, 5.74) is 8.14. The van der Waals surface area contributed by atoms with Crippen LogP contribution in [-0.2, 0) is 11.3 Å². The van der Waals surface area contributed by atoms with E-state index in [2.05, 4.69) is 9.97 Å². The van der Waals surface area contributed by atoms with Crippen molar-refractivity contribution >= 4 is 28.4 Å². The molecule has 0 unspecified atom stereocenters. The summed E-state index contributed by atoms with van der Waals surface area (Å²) >= 11 is 0. The molecular formula is C18H18N4O2. The summed E-state index contributed by atoms with van der Waals surface area (Å²) in [5.74, 6) is 0.335. The molecule has 0 radical (unpaired) electrons. The Bertz CT molecular complexity index is 876. The highest BCUT2D eigenvalue weighted by Gasteiger charge is 2.10. The highest BCUT2D eigenvalue weighted by atomic mass is 16.5. The van der Waals surface area contributed by atoms with Crippen LogP contribution in [0.25, 0.3) is 10.9 Å². The number of carbonyl (C=O) groups excluding carboxylic acids is 1. The Morgan fingerprint density at radius 1 is 1.08 bits per heavy atom. The first-order chi connectivity index (χ1) is 11.5. The Balaban J connectivity index is 1.72. The number of nitrogens with two attached hydrogens (primary N) is 1. The third kappa shape index (κ3) is 3.27. The van der Waals surface area contributed by atoms with Gasteiger partial charge >= 0.3 is 5.97 Å². The van der Waals surface area contributed by atoms with Crippen molar-refractivity contribution in [3.8, 4) is 0 Å². The SMILES string of the molecule is CN(C)c1ccc(C(=O)OCc2nc(N)c3ccccc3n2)cc1. The summed E-state index contributed by atoms with van der Waals surface area (Å²) in [6, 6.07) is 14.6. The van der Waals surface area contributed by atoms with E-state index in [-0.39, 0.29) is 6.61 Å². The van der Waals surface area contributed by atoms with E-state index < -0.39 is 5.97 Å². The van der Waals surface area contributed by atoms with E-state index in [1.54, 1.807) is 12.1 Å². The van der Waals surface area contributed by atoms with Crippen LogP contribution in [0.3, 0.4) is 0 Å². The molecule has 2 N–H and O–H groups in total. The average Bonchev–Trinajstić information content (AvgIpc) is 2.60. The molecule has 0 atom stereocenters. The van der Waals surface area contributed by atoms with Gasteiger partial charge in [0.15, 0.2) is 12.4 Å². The van der Waals surface area contributed by atoms with E-state index in [9.17, 15) is 4.79 Å². The van der Waals surface area contributed by atoms with Gasteiger partial charge in [-0.15, -0.1) is 0 Å². The predicted octanol–water partition coefficient (Wildman–Crippen LogP) is 2.64. The van der Waals surface area contributed by atoms with Gasteiger partial charge in [-0.1, -0.05) is 12.1 Å². The number of fused-ring (bicyclic) bond motifs is 1. The van der Waals surface area contributed by atoms with Crippen LogP contribution in [0.15, 0.2) is 48.5 Å². The lowest BCUT2D eigenvalue weighted by Crippen LogP contribution is -2.10. The smallest absolute Gasteiger partial charge is 0.338 e. The molecule has 0 saturated heterocycles. The van der Waals surface area contributed by atoms with E-state index in [0.29, 0.717) is 17.2 Å². The first-order valence-electron chi connectivity index (χ1n) is 7.50. The second-order valence-electron chi connectivity index (χ2n) is 5.56. The van der Waals surface area contributed by atoms with E-state index >= 15 is 0 Å². The van der Waals surface area contributed by atoms with Crippen molar-refractivity contribution in [1.29, 1.82) is 0 Å². The third-order valence-corrected chi connectivity index (χ3v) is 3.63. The number of nitrogens with zero attached hydrogens (tertiary/aromatic N) is 3. The van der Waals surface area contributed by atoms with Gasteiger partial charge in [0.1, 0.15) is 5.82 Å². The first kappa shape index (κ1) is 15.7. The number of ether oxygens (including phenoxy) is 1. The van der Waals surface area contributed by atoms with Crippen LogP contribution >= 0.6 is 0 Å². The van der Waals surface area contributed by atoms with Crippen molar-refractivity contribution in [3.05, 3.63) is 59.9 Å². The minimum Gasteiger partial charge on any atom is -0.454 e. The molecule has 3 rings (SSSR count). The number of carbonyl (C=O) groups is 1. The lowest BCUT2D eigenvalue weighted by atomic mass is 10.2. The monoisotopic (exact) mass is 322 g/mol. The van der Waals surface area contributed by atoms with Gasteiger partial charge in [-0.2, -0.15) is 0 Å². The largest absolute Gasteiger partial charge is 0.454 e. The van der Waals surface area contributed by atoms with Gasteiger partial charge in [0.05, 0.1) is 11.1 Å². The van der Waals surface area contributed by atoms with Gasteiger partial charge < -0.3 is 15.4 Å². The van der Waals surface area contributed by atoms with Crippen molar-refractivity contribution in [3.63, 3.8) is 0 Å². The highest BCUT2D eigenvalue weighted by Crippen LogP contribution is 2.18. The molecule has 122 valence electrons. The van der Waals surface area contributed by atoms with Crippen LogP contribution < -0.4 is 10.6 Å². The minimum atomic E-state index is -0.421. The highest BCUT2D eigenvalue weighted by molar-refractivity contribution is 5.90. The summed E-state index contributed by atoms with van der Waals surface area (Å²) in [6.07, 6.45) is 0. The second kappa shape index (κ2) is 6.54. The fraction of sp³-hybridized carbons (Fsp3) is 0.167. The van der Waals surface area contributed by atoms with Gasteiger partial charge in [-0.3, -0.25) is 0 Å². The maximum absolute atomic E-state index is 12.1. The normalized spacial score (nSPS) is 10.6. The molecular weight excluding hydrogens is 304 g/mol. The lowest BCUT2D eigenvalue weighted by molar-refractivity contribution is 0.0463. The predicted molar refractivity (Wildman–Crippen MR) is 93.8 cm³/mol. The number of rotatable bonds is 4. The zero-order chi connectivity index (χ0) is 17.1. The van der Waals surface area contributed by atoms with Crippen LogP contribution in [0.4, 0.5) is 11.5 Å². The molecule has 1 heterocycles. The van der Waals surface area contributed by atoms with E-state index in [1.165, 1.54) is 0 Å². The fourth-order valence-electron chi connectivity index (χ4n) is 2.32. The molecule has 0 amide bonds. The summed E-state index contributed by atoms with van der Waals surface area (Å²) in [7, 11) is 3.88. The van der Waals surface area contributed by atoms with E-state index in [1.807, 2.05) is 55.4 Å². The Kier molecular flexibility index (Phi) is 4.29. The van der Waals surface area contributed by atoms with Crippen LogP contribution in [0, 0.1) is 0 Å². The molecule has 3 aromatic rings. The average molecular weight is 322 g/mol. The number of anilines is 2. The minimum absolute atomic E-state index is 0.0245. The molecule has 0 fully saturated rings. The number of hydrogen-bond donors (Lipinski definition) is 1. The van der Waals surface area contributed by atoms with Crippen LogP contribution in [0.2, 0.25) is 0 Å². The Morgan fingerprint density at radius 2 is 1.79 bits per heavy atom. The molecule has 0 aliphatic carbocycles. The van der Waals surface area contributed by atoms with Gasteiger partial charge in [0.25, 0.3) is 0 Å².